The van der Waals surface area contributed by atoms with Crippen LogP contribution in [-0.4, -0.2) is 36.4 Å². The van der Waals surface area contributed by atoms with E-state index in [1.807, 2.05) is 24.3 Å². The van der Waals surface area contributed by atoms with Gasteiger partial charge in [0.15, 0.2) is 0 Å². The summed E-state index contributed by atoms with van der Waals surface area (Å²) in [5.74, 6) is 0. The second-order valence-corrected chi connectivity index (χ2v) is 4.24. The van der Waals surface area contributed by atoms with Crippen LogP contribution in [0.4, 0.5) is 4.79 Å². The first-order valence-corrected chi connectivity index (χ1v) is 5.66. The molecule has 1 aromatic carbocycles. The molecule has 0 spiro atoms. The van der Waals surface area contributed by atoms with Gasteiger partial charge in [0.05, 0.1) is 6.61 Å². The van der Waals surface area contributed by atoms with Gasteiger partial charge in [0.1, 0.15) is 6.61 Å². The Morgan fingerprint density at radius 2 is 2.06 bits per heavy atom. The summed E-state index contributed by atoms with van der Waals surface area (Å²) in [6, 6.07) is 7.70. The Labute approximate surface area is 103 Å². The highest BCUT2D eigenvalue weighted by Crippen LogP contribution is 2.11. The molecule has 0 saturated carbocycles. The number of aliphatic hydroxyl groups excluding tert-OH is 1. The normalized spacial score (nSPS) is 9.94. The van der Waals surface area contributed by atoms with Crippen LogP contribution in [0.2, 0.25) is 0 Å². The van der Waals surface area contributed by atoms with Crippen molar-refractivity contribution in [2.24, 2.45) is 0 Å². The van der Waals surface area contributed by atoms with Crippen molar-refractivity contribution in [2.75, 3.05) is 20.3 Å². The van der Waals surface area contributed by atoms with Gasteiger partial charge >= 0.3 is 6.09 Å². The predicted molar refractivity (Wildman–Crippen MR) is 64.0 cm³/mol. The Kier molecular flexibility index (Phi) is 5.28. The average Bonchev–Trinajstić information content (AvgIpc) is 2.29. The van der Waals surface area contributed by atoms with Crippen LogP contribution in [0, 0.1) is 0 Å². The summed E-state index contributed by atoms with van der Waals surface area (Å²) in [4.78, 5) is 12.8. The maximum Gasteiger partial charge on any atom is 0.409 e. The molecule has 5 heteroatoms. The molecule has 0 bridgehead atoms. The van der Waals surface area contributed by atoms with E-state index in [1.165, 1.54) is 4.90 Å². The Hall–Kier alpha value is -1.07. The molecule has 0 aliphatic heterocycles. The Balaban J connectivity index is 2.47. The van der Waals surface area contributed by atoms with Crippen LogP contribution in [0.5, 0.6) is 0 Å². The Bertz CT molecular complexity index is 340. The van der Waals surface area contributed by atoms with E-state index in [-0.39, 0.29) is 13.2 Å². The van der Waals surface area contributed by atoms with Crippen molar-refractivity contribution in [1.29, 1.82) is 0 Å². The molecule has 0 aromatic heterocycles. The average molecular weight is 288 g/mol. The van der Waals surface area contributed by atoms with E-state index in [2.05, 4.69) is 15.9 Å². The molecule has 0 radical (unpaired) electrons. The number of aliphatic hydroxyl groups is 1. The summed E-state index contributed by atoms with van der Waals surface area (Å²) in [6.07, 6.45) is -0.433. The van der Waals surface area contributed by atoms with Crippen LogP contribution in [0.25, 0.3) is 0 Å². The number of carbonyl (C=O) groups excluding carboxylic acids is 1. The van der Waals surface area contributed by atoms with E-state index < -0.39 is 6.09 Å². The molecule has 4 nitrogen and oxygen atoms in total. The molecule has 1 N–H and O–H groups in total. The zero-order valence-electron chi connectivity index (χ0n) is 9.02. The predicted octanol–water partition coefficient (Wildman–Crippen LogP) is 2.01. The summed E-state index contributed by atoms with van der Waals surface area (Å²) in [7, 11) is 1.65. The van der Waals surface area contributed by atoms with Crippen molar-refractivity contribution >= 4 is 22.0 Å². The number of ether oxygens (including phenoxy) is 1. The zero-order chi connectivity index (χ0) is 12.0. The molecule has 1 amide bonds. The fourth-order valence-electron chi connectivity index (χ4n) is 1.17. The summed E-state index contributed by atoms with van der Waals surface area (Å²) >= 11 is 3.34. The van der Waals surface area contributed by atoms with Gasteiger partial charge in [-0.15, -0.1) is 0 Å². The summed E-state index contributed by atoms with van der Waals surface area (Å²) < 4.78 is 5.78. The van der Waals surface area contributed by atoms with Gasteiger partial charge in [0, 0.05) is 18.1 Å². The standard InChI is InChI=1S/C11H14BrNO3/c1-13(11(15)16-7-6-14)8-9-2-4-10(12)5-3-9/h2-5,14H,6-8H2,1H3. The van der Waals surface area contributed by atoms with E-state index >= 15 is 0 Å². The van der Waals surface area contributed by atoms with E-state index in [0.717, 1.165) is 10.0 Å². The van der Waals surface area contributed by atoms with Crippen molar-refractivity contribution in [3.63, 3.8) is 0 Å². The van der Waals surface area contributed by atoms with E-state index in [4.69, 9.17) is 9.84 Å². The summed E-state index contributed by atoms with van der Waals surface area (Å²) in [5.41, 5.74) is 1.02. The van der Waals surface area contributed by atoms with Crippen molar-refractivity contribution in [3.8, 4) is 0 Å². The van der Waals surface area contributed by atoms with Gasteiger partial charge < -0.3 is 14.7 Å². The fraction of sp³-hybridized carbons (Fsp3) is 0.364. The first-order chi connectivity index (χ1) is 7.63. The van der Waals surface area contributed by atoms with E-state index in [0.29, 0.717) is 6.54 Å². The SMILES string of the molecule is CN(Cc1ccc(Br)cc1)C(=O)OCCO. The lowest BCUT2D eigenvalue weighted by atomic mass is 10.2. The van der Waals surface area contributed by atoms with Crippen LogP contribution < -0.4 is 0 Å². The molecular formula is C11H14BrNO3. The summed E-state index contributed by atoms with van der Waals surface area (Å²) in [5, 5.41) is 8.52. The third-order valence-electron chi connectivity index (χ3n) is 1.96. The number of hydrogen-bond donors (Lipinski definition) is 1. The molecule has 0 atom stereocenters. The van der Waals surface area contributed by atoms with Crippen LogP contribution >= 0.6 is 15.9 Å². The molecule has 0 aliphatic carbocycles. The molecule has 0 unspecified atom stereocenters. The number of nitrogens with zero attached hydrogens (tertiary/aromatic N) is 1. The number of hydrogen-bond acceptors (Lipinski definition) is 3. The highest BCUT2D eigenvalue weighted by atomic mass is 79.9. The van der Waals surface area contributed by atoms with Gasteiger partial charge in [-0.3, -0.25) is 0 Å². The van der Waals surface area contributed by atoms with Gasteiger partial charge in [-0.25, -0.2) is 4.79 Å². The third kappa shape index (κ3) is 4.20. The number of rotatable bonds is 4. The minimum atomic E-state index is -0.433. The van der Waals surface area contributed by atoms with Crippen LogP contribution in [0.1, 0.15) is 5.56 Å². The highest BCUT2D eigenvalue weighted by molar-refractivity contribution is 9.10. The van der Waals surface area contributed by atoms with Gasteiger partial charge in [-0.1, -0.05) is 28.1 Å². The van der Waals surface area contributed by atoms with Crippen LogP contribution in [0.3, 0.4) is 0 Å². The Morgan fingerprint density at radius 1 is 1.44 bits per heavy atom. The van der Waals surface area contributed by atoms with Crippen LogP contribution in [0.15, 0.2) is 28.7 Å². The number of benzene rings is 1. The first-order valence-electron chi connectivity index (χ1n) is 4.86. The van der Waals surface area contributed by atoms with Gasteiger partial charge in [-0.2, -0.15) is 0 Å². The quantitative estimate of drug-likeness (QED) is 0.922. The Morgan fingerprint density at radius 3 is 2.62 bits per heavy atom. The molecule has 1 rings (SSSR count). The molecule has 0 aliphatic rings. The molecular weight excluding hydrogens is 274 g/mol. The van der Waals surface area contributed by atoms with Gasteiger partial charge in [0.2, 0.25) is 0 Å². The summed E-state index contributed by atoms with van der Waals surface area (Å²) in [6.45, 7) is 0.360. The molecule has 0 heterocycles. The van der Waals surface area contributed by atoms with Crippen molar-refractivity contribution in [2.45, 2.75) is 6.54 Å². The molecule has 0 saturated heterocycles. The van der Waals surface area contributed by atoms with Gasteiger partial charge in [0.25, 0.3) is 0 Å². The second kappa shape index (κ2) is 6.50. The van der Waals surface area contributed by atoms with E-state index in [1.54, 1.807) is 7.05 Å². The zero-order valence-corrected chi connectivity index (χ0v) is 10.6. The topological polar surface area (TPSA) is 49.8 Å². The fourth-order valence-corrected chi connectivity index (χ4v) is 1.44. The van der Waals surface area contributed by atoms with Crippen LogP contribution in [-0.2, 0) is 11.3 Å². The maximum atomic E-state index is 11.4. The minimum absolute atomic E-state index is 0.0313. The number of halogens is 1. The van der Waals surface area contributed by atoms with Crippen molar-refractivity contribution in [1.82, 2.24) is 4.90 Å². The minimum Gasteiger partial charge on any atom is -0.447 e. The molecule has 0 fully saturated rings. The molecule has 16 heavy (non-hydrogen) atoms. The largest absolute Gasteiger partial charge is 0.447 e. The second-order valence-electron chi connectivity index (χ2n) is 3.32. The highest BCUT2D eigenvalue weighted by Gasteiger charge is 2.09. The lowest BCUT2D eigenvalue weighted by Gasteiger charge is -2.16. The lowest BCUT2D eigenvalue weighted by Crippen LogP contribution is -2.27. The molecule has 1 aromatic rings. The smallest absolute Gasteiger partial charge is 0.409 e. The van der Waals surface area contributed by atoms with Gasteiger partial charge in [-0.05, 0) is 17.7 Å². The molecule has 88 valence electrons. The monoisotopic (exact) mass is 287 g/mol. The number of carbonyl (C=O) groups is 1. The lowest BCUT2D eigenvalue weighted by molar-refractivity contribution is 0.0894. The first kappa shape index (κ1) is 13.0. The van der Waals surface area contributed by atoms with E-state index in [9.17, 15) is 4.79 Å². The van der Waals surface area contributed by atoms with Crippen molar-refractivity contribution in [3.05, 3.63) is 34.3 Å². The third-order valence-corrected chi connectivity index (χ3v) is 2.49. The van der Waals surface area contributed by atoms with Crippen molar-refractivity contribution < 1.29 is 14.6 Å². The maximum absolute atomic E-state index is 11.4. The number of amides is 1.